The molecule has 1 rings (SSSR count). The molecule has 0 amide bonds. The standard InChI is InChI=1S/C15H22O3/c1-10-6-9-14(18-12(3)17)15(4,5)13(10)8-7-11(2)16/h7-8,13-14H,1,6,9H2,2-5H3/b8-7+/t13-,14+/m1/s1. The normalized spacial score (nSPS) is 27.2. The highest BCUT2D eigenvalue weighted by molar-refractivity contribution is 5.87. The van der Waals surface area contributed by atoms with Crippen LogP contribution in [-0.4, -0.2) is 17.9 Å². The number of esters is 1. The SMILES string of the molecule is C=C1CC[C@H](OC(C)=O)C(C)(C)[C@@H]1/C=C/C(C)=O. The molecule has 1 fully saturated rings. The monoisotopic (exact) mass is 250 g/mol. The van der Waals surface area contributed by atoms with Gasteiger partial charge in [0.1, 0.15) is 6.10 Å². The molecule has 0 saturated heterocycles. The van der Waals surface area contributed by atoms with Gasteiger partial charge in [-0.1, -0.05) is 32.1 Å². The Morgan fingerprint density at radius 3 is 2.50 bits per heavy atom. The Morgan fingerprint density at radius 1 is 1.39 bits per heavy atom. The molecule has 18 heavy (non-hydrogen) atoms. The zero-order chi connectivity index (χ0) is 13.9. The van der Waals surface area contributed by atoms with Crippen LogP contribution in [0.1, 0.15) is 40.5 Å². The van der Waals surface area contributed by atoms with Crippen molar-refractivity contribution >= 4 is 11.8 Å². The number of ether oxygens (including phenoxy) is 1. The highest BCUT2D eigenvalue weighted by atomic mass is 16.5. The third-order valence-corrected chi connectivity index (χ3v) is 3.63. The van der Waals surface area contributed by atoms with Crippen molar-refractivity contribution < 1.29 is 14.3 Å². The first-order chi connectivity index (χ1) is 8.25. The van der Waals surface area contributed by atoms with Gasteiger partial charge in [0.05, 0.1) is 0 Å². The molecular weight excluding hydrogens is 228 g/mol. The number of ketones is 1. The van der Waals surface area contributed by atoms with Gasteiger partial charge < -0.3 is 4.74 Å². The molecular formula is C15H22O3. The lowest BCUT2D eigenvalue weighted by Gasteiger charge is -2.44. The maximum atomic E-state index is 11.1. The van der Waals surface area contributed by atoms with Crippen molar-refractivity contribution in [2.24, 2.45) is 11.3 Å². The van der Waals surface area contributed by atoms with E-state index in [2.05, 4.69) is 20.4 Å². The van der Waals surface area contributed by atoms with Crippen molar-refractivity contribution in [1.29, 1.82) is 0 Å². The van der Waals surface area contributed by atoms with Crippen molar-refractivity contribution in [2.45, 2.75) is 46.6 Å². The summed E-state index contributed by atoms with van der Waals surface area (Å²) < 4.78 is 5.39. The third-order valence-electron chi connectivity index (χ3n) is 3.63. The van der Waals surface area contributed by atoms with Gasteiger partial charge in [0, 0.05) is 18.3 Å². The van der Waals surface area contributed by atoms with Crippen molar-refractivity contribution in [1.82, 2.24) is 0 Å². The van der Waals surface area contributed by atoms with E-state index in [4.69, 9.17) is 4.74 Å². The van der Waals surface area contributed by atoms with E-state index in [-0.39, 0.29) is 29.2 Å². The average molecular weight is 250 g/mol. The van der Waals surface area contributed by atoms with Crippen molar-refractivity contribution in [2.75, 3.05) is 0 Å². The minimum absolute atomic E-state index is 0.0215. The second-order valence-corrected chi connectivity index (χ2v) is 5.56. The molecule has 1 aliphatic rings. The average Bonchev–Trinajstić information content (AvgIpc) is 2.21. The number of allylic oxidation sites excluding steroid dienone is 3. The Kier molecular flexibility index (Phi) is 4.49. The summed E-state index contributed by atoms with van der Waals surface area (Å²) >= 11 is 0. The molecule has 0 aromatic carbocycles. The first-order valence-corrected chi connectivity index (χ1v) is 6.28. The van der Waals surface area contributed by atoms with Crippen LogP contribution in [0.25, 0.3) is 0 Å². The zero-order valence-electron chi connectivity index (χ0n) is 11.7. The molecule has 1 aliphatic carbocycles. The number of rotatable bonds is 3. The lowest BCUT2D eigenvalue weighted by Crippen LogP contribution is -2.43. The fourth-order valence-electron chi connectivity index (χ4n) is 2.60. The summed E-state index contributed by atoms with van der Waals surface area (Å²) in [6, 6.07) is 0. The van der Waals surface area contributed by atoms with Crippen molar-refractivity contribution in [3.05, 3.63) is 24.3 Å². The number of carbonyl (C=O) groups is 2. The van der Waals surface area contributed by atoms with Gasteiger partial charge in [-0.25, -0.2) is 0 Å². The van der Waals surface area contributed by atoms with Gasteiger partial charge in [0.25, 0.3) is 0 Å². The van der Waals surface area contributed by atoms with E-state index >= 15 is 0 Å². The smallest absolute Gasteiger partial charge is 0.302 e. The highest BCUT2D eigenvalue weighted by Crippen LogP contribution is 2.45. The fraction of sp³-hybridized carbons (Fsp3) is 0.600. The van der Waals surface area contributed by atoms with Gasteiger partial charge in [-0.05, 0) is 25.8 Å². The van der Waals surface area contributed by atoms with Crippen LogP contribution >= 0.6 is 0 Å². The summed E-state index contributed by atoms with van der Waals surface area (Å²) in [5, 5.41) is 0. The molecule has 0 aromatic rings. The molecule has 100 valence electrons. The Balaban J connectivity index is 2.95. The van der Waals surface area contributed by atoms with Crippen LogP contribution in [0.4, 0.5) is 0 Å². The molecule has 0 heterocycles. The van der Waals surface area contributed by atoms with Gasteiger partial charge >= 0.3 is 5.97 Å². The molecule has 0 spiro atoms. The predicted octanol–water partition coefficient (Wildman–Crippen LogP) is 3.06. The van der Waals surface area contributed by atoms with E-state index in [1.165, 1.54) is 13.8 Å². The Labute approximate surface area is 109 Å². The van der Waals surface area contributed by atoms with Crippen molar-refractivity contribution in [3.63, 3.8) is 0 Å². The summed E-state index contributed by atoms with van der Waals surface area (Å²) in [5.74, 6) is -0.164. The van der Waals surface area contributed by atoms with Crippen LogP contribution in [0.15, 0.2) is 24.3 Å². The first-order valence-electron chi connectivity index (χ1n) is 6.28. The van der Waals surface area contributed by atoms with Crippen LogP contribution in [-0.2, 0) is 14.3 Å². The minimum atomic E-state index is -0.255. The molecule has 0 radical (unpaired) electrons. The second kappa shape index (κ2) is 5.51. The van der Waals surface area contributed by atoms with Gasteiger partial charge in [-0.3, -0.25) is 9.59 Å². The number of hydrogen-bond donors (Lipinski definition) is 0. The van der Waals surface area contributed by atoms with Gasteiger partial charge in [-0.15, -0.1) is 0 Å². The Morgan fingerprint density at radius 2 is 2.00 bits per heavy atom. The van der Waals surface area contributed by atoms with E-state index in [0.717, 1.165) is 18.4 Å². The molecule has 0 N–H and O–H groups in total. The third kappa shape index (κ3) is 3.31. The molecule has 0 unspecified atom stereocenters. The Bertz CT molecular complexity index is 391. The van der Waals surface area contributed by atoms with Crippen LogP contribution in [0, 0.1) is 11.3 Å². The summed E-state index contributed by atoms with van der Waals surface area (Å²) in [5.41, 5.74) is 0.869. The molecule has 2 atom stereocenters. The van der Waals surface area contributed by atoms with Gasteiger partial charge in [0.2, 0.25) is 0 Å². The largest absolute Gasteiger partial charge is 0.462 e. The maximum absolute atomic E-state index is 11.1. The first kappa shape index (κ1) is 14.7. The van der Waals surface area contributed by atoms with E-state index in [1.807, 2.05) is 6.08 Å². The Hall–Kier alpha value is -1.38. The second-order valence-electron chi connectivity index (χ2n) is 5.56. The van der Waals surface area contributed by atoms with Crippen LogP contribution < -0.4 is 0 Å². The van der Waals surface area contributed by atoms with Crippen LogP contribution in [0.3, 0.4) is 0 Å². The summed E-state index contributed by atoms with van der Waals surface area (Å²) in [6.45, 7) is 11.1. The highest BCUT2D eigenvalue weighted by Gasteiger charge is 2.42. The number of hydrogen-bond acceptors (Lipinski definition) is 3. The van der Waals surface area contributed by atoms with E-state index in [9.17, 15) is 9.59 Å². The molecule has 3 heteroatoms. The summed E-state index contributed by atoms with van der Waals surface area (Å²) in [7, 11) is 0. The zero-order valence-corrected chi connectivity index (χ0v) is 11.7. The molecule has 0 aromatic heterocycles. The van der Waals surface area contributed by atoms with E-state index in [0.29, 0.717) is 0 Å². The summed E-state index contributed by atoms with van der Waals surface area (Å²) in [4.78, 5) is 22.2. The van der Waals surface area contributed by atoms with Gasteiger partial charge in [-0.2, -0.15) is 0 Å². The topological polar surface area (TPSA) is 43.4 Å². The van der Waals surface area contributed by atoms with Crippen LogP contribution in [0.5, 0.6) is 0 Å². The summed E-state index contributed by atoms with van der Waals surface area (Å²) in [6.07, 6.45) is 4.97. The molecule has 1 saturated carbocycles. The van der Waals surface area contributed by atoms with Crippen LogP contribution in [0.2, 0.25) is 0 Å². The fourth-order valence-corrected chi connectivity index (χ4v) is 2.60. The number of carbonyl (C=O) groups excluding carboxylic acids is 2. The molecule has 0 bridgehead atoms. The van der Waals surface area contributed by atoms with E-state index < -0.39 is 0 Å². The molecule has 0 aliphatic heterocycles. The van der Waals surface area contributed by atoms with E-state index in [1.54, 1.807) is 6.08 Å². The lowest BCUT2D eigenvalue weighted by atomic mass is 9.64. The van der Waals surface area contributed by atoms with Gasteiger partial charge in [0.15, 0.2) is 5.78 Å². The predicted molar refractivity (Wildman–Crippen MR) is 71.0 cm³/mol. The quantitative estimate of drug-likeness (QED) is 0.439. The van der Waals surface area contributed by atoms with Crippen molar-refractivity contribution in [3.8, 4) is 0 Å². The minimum Gasteiger partial charge on any atom is -0.462 e. The molecule has 3 nitrogen and oxygen atoms in total. The maximum Gasteiger partial charge on any atom is 0.302 e. The lowest BCUT2D eigenvalue weighted by molar-refractivity contribution is -0.155.